The van der Waals surface area contributed by atoms with Crippen LogP contribution in [-0.4, -0.2) is 60.5 Å². The molecule has 1 aromatic rings. The van der Waals surface area contributed by atoms with Gasteiger partial charge >= 0.3 is 13.5 Å². The summed E-state index contributed by atoms with van der Waals surface area (Å²) in [6.45, 7) is -3.93. The summed E-state index contributed by atoms with van der Waals surface area (Å²) in [6.07, 6.45) is -6.09. The lowest BCUT2D eigenvalue weighted by molar-refractivity contribution is -0.205. The van der Waals surface area contributed by atoms with Gasteiger partial charge in [-0.2, -0.15) is 0 Å². The van der Waals surface area contributed by atoms with E-state index in [1.54, 1.807) is 0 Å². The van der Waals surface area contributed by atoms with Gasteiger partial charge in [0.1, 0.15) is 23.4 Å². The first kappa shape index (κ1) is 16.2. The molecule has 0 unspecified atom stereocenters. The molecule has 0 aliphatic carbocycles. The maximum Gasteiger partial charge on any atom is 0.469 e. The van der Waals surface area contributed by atoms with E-state index in [4.69, 9.17) is 24.7 Å². The Morgan fingerprint density at radius 3 is 2.79 bits per heavy atom. The van der Waals surface area contributed by atoms with Gasteiger partial charge in [-0.1, -0.05) is 12.2 Å². The van der Waals surface area contributed by atoms with Crippen LogP contribution in [0.15, 0.2) is 11.0 Å². The lowest BCUT2D eigenvalue weighted by Gasteiger charge is -2.22. The first-order valence-corrected chi connectivity index (χ1v) is 7.97. The first-order chi connectivity index (χ1) is 11.7. The second-order valence-electron chi connectivity index (χ2n) is 4.64. The van der Waals surface area contributed by atoms with Crippen molar-refractivity contribution in [3.63, 3.8) is 0 Å². The number of aliphatic hydroxyl groups is 2. The Labute approximate surface area is 140 Å². The van der Waals surface area contributed by atoms with Gasteiger partial charge in [-0.3, -0.25) is 18.9 Å². The summed E-state index contributed by atoms with van der Waals surface area (Å²) in [4.78, 5) is 42.2. The Morgan fingerprint density at radius 1 is 1.62 bits per heavy atom. The number of alkyl halides is 1. The highest BCUT2D eigenvalue weighted by molar-refractivity contribution is 7.71. The van der Waals surface area contributed by atoms with Crippen LogP contribution in [-0.2, 0) is 13.8 Å². The molecular weight excluding hydrogens is 374 g/mol. The Kier molecular flexibility index (Phi) is 4.40. The summed E-state index contributed by atoms with van der Waals surface area (Å²) in [5, 5.41) is 19.8. The van der Waals surface area contributed by atoms with Crippen LogP contribution in [0.2, 0.25) is 0 Å². The highest BCUT2D eigenvalue weighted by Crippen LogP contribution is 2.43. The average molecular weight is 388 g/mol. The zero-order valence-corrected chi connectivity index (χ0v) is 13.1. The van der Waals surface area contributed by atoms with Gasteiger partial charge in [-0.05, 0) is 0 Å². The number of halogens is 1. The number of nitrogens with one attached hydrogen (secondary N) is 1. The van der Waals surface area contributed by atoms with Crippen molar-refractivity contribution in [3.8, 4) is 0 Å². The van der Waals surface area contributed by atoms with E-state index >= 15 is 0 Å². The van der Waals surface area contributed by atoms with Crippen molar-refractivity contribution >= 4 is 26.3 Å². The predicted octanol–water partition coefficient (Wildman–Crippen LogP) is -1.26. The molecule has 1 fully saturated rings. The zero-order valence-electron chi connectivity index (χ0n) is 13.4. The largest absolute Gasteiger partial charge is 0.469 e. The highest BCUT2D eigenvalue weighted by Gasteiger charge is 2.57. The standard InChI is InChI=1S/C10H12FN2O9PS/c11-10(3-21-23(18,19)20)6(16)5(15)8(22-10)13-1-4(2-14)7(24)12-9(13)17/h1-2,5-6,8,15-16H,3H2,(H,12,17,24)(H2,18,19,20)/t5-,6+,8-,10-/m1/s1/i3D2. The molecule has 0 spiro atoms. The van der Waals surface area contributed by atoms with Crippen LogP contribution >= 0.6 is 20.0 Å². The molecule has 1 saturated heterocycles. The normalized spacial score (nSPS) is 32.3. The Morgan fingerprint density at radius 2 is 2.25 bits per heavy atom. The summed E-state index contributed by atoms with van der Waals surface area (Å²) >= 11 is 4.70. The number of carbonyl (C=O) groups excluding carboxylic acids is 1. The molecule has 24 heavy (non-hydrogen) atoms. The molecule has 4 atom stereocenters. The smallest absolute Gasteiger partial charge is 0.385 e. The lowest BCUT2D eigenvalue weighted by atomic mass is 10.1. The van der Waals surface area contributed by atoms with Gasteiger partial charge in [0, 0.05) is 6.20 Å². The molecule has 0 aromatic carbocycles. The minimum atomic E-state index is -5.57. The van der Waals surface area contributed by atoms with E-state index in [9.17, 15) is 28.8 Å². The van der Waals surface area contributed by atoms with Crippen LogP contribution in [0, 0.1) is 4.64 Å². The summed E-state index contributed by atoms with van der Waals surface area (Å²) in [7, 11) is -5.57. The number of H-pyrrole nitrogens is 1. The fourth-order valence-corrected chi connectivity index (χ4v) is 2.32. The van der Waals surface area contributed by atoms with Crippen molar-refractivity contribution in [2.75, 3.05) is 6.56 Å². The number of ether oxygens (including phenoxy) is 1. The van der Waals surface area contributed by atoms with Crippen LogP contribution in [0.5, 0.6) is 0 Å². The van der Waals surface area contributed by atoms with Crippen LogP contribution < -0.4 is 5.69 Å². The summed E-state index contributed by atoms with van der Waals surface area (Å²) < 4.78 is 48.8. The molecule has 1 aliphatic heterocycles. The first-order valence-electron chi connectivity index (χ1n) is 7.03. The third-order valence-corrected chi connectivity index (χ3v) is 3.66. The van der Waals surface area contributed by atoms with Gasteiger partial charge < -0.3 is 24.7 Å². The fraction of sp³-hybridized carbons (Fsp3) is 0.500. The van der Waals surface area contributed by atoms with Crippen LogP contribution in [0.1, 0.15) is 19.3 Å². The molecule has 0 saturated carbocycles. The number of hydrogen-bond donors (Lipinski definition) is 5. The zero-order chi connectivity index (χ0) is 20.1. The van der Waals surface area contributed by atoms with Crippen LogP contribution in [0.3, 0.4) is 0 Å². The van der Waals surface area contributed by atoms with E-state index in [0.717, 1.165) is 6.20 Å². The van der Waals surface area contributed by atoms with Crippen molar-refractivity contribution in [1.29, 1.82) is 0 Å². The number of phosphoric acid groups is 1. The number of phosphoric ester groups is 1. The summed E-state index contributed by atoms with van der Waals surface area (Å²) in [6, 6.07) is 0. The number of aromatic nitrogens is 2. The van der Waals surface area contributed by atoms with Crippen LogP contribution in [0.4, 0.5) is 4.39 Å². The van der Waals surface area contributed by atoms with E-state index in [-0.39, 0.29) is 16.5 Å². The van der Waals surface area contributed by atoms with Gasteiger partial charge in [0.25, 0.3) is 5.85 Å². The SMILES string of the molecule is [2H]C([2H])(OP(=O)(O)O)[C@@]1(F)O[C@@H](n2cc(C=O)c(=S)[nH]c2=O)[C@H](O)[C@@H]1O. The molecule has 0 bridgehead atoms. The molecule has 0 amide bonds. The summed E-state index contributed by atoms with van der Waals surface area (Å²) in [5.41, 5.74) is -1.37. The summed E-state index contributed by atoms with van der Waals surface area (Å²) in [5.74, 6) is -3.98. The molecule has 134 valence electrons. The predicted molar refractivity (Wildman–Crippen MR) is 75.2 cm³/mol. The number of hydrogen-bond acceptors (Lipinski definition) is 8. The molecule has 2 heterocycles. The lowest BCUT2D eigenvalue weighted by Crippen LogP contribution is -2.42. The van der Waals surface area contributed by atoms with Gasteiger partial charge in [0.2, 0.25) is 0 Å². The molecular formula is C10H12FN2O9PS. The molecule has 1 aliphatic rings. The quantitative estimate of drug-likeness (QED) is 0.233. The second-order valence-corrected chi connectivity index (χ2v) is 6.21. The Balaban J connectivity index is 2.51. The number of nitrogens with zero attached hydrogens (tertiary/aromatic N) is 1. The minimum Gasteiger partial charge on any atom is -0.385 e. The number of aromatic amines is 1. The average Bonchev–Trinajstić information content (AvgIpc) is 2.71. The highest BCUT2D eigenvalue weighted by atomic mass is 32.1. The fourth-order valence-electron chi connectivity index (χ4n) is 1.89. The number of rotatable bonds is 5. The molecule has 0 radical (unpaired) electrons. The monoisotopic (exact) mass is 388 g/mol. The molecule has 2 rings (SSSR count). The van der Waals surface area contributed by atoms with Crippen molar-refractivity contribution in [2.45, 2.75) is 24.3 Å². The molecule has 11 nitrogen and oxygen atoms in total. The molecule has 14 heteroatoms. The van der Waals surface area contributed by atoms with Crippen molar-refractivity contribution in [3.05, 3.63) is 26.9 Å². The van der Waals surface area contributed by atoms with Crippen LogP contribution in [0.25, 0.3) is 0 Å². The Hall–Kier alpha value is -1.31. The third kappa shape index (κ3) is 3.68. The van der Waals surface area contributed by atoms with Gasteiger partial charge in [0.05, 0.1) is 8.30 Å². The maximum absolute atomic E-state index is 14.9. The van der Waals surface area contributed by atoms with E-state index in [2.05, 4.69) is 9.26 Å². The molecule has 5 N–H and O–H groups in total. The van der Waals surface area contributed by atoms with Crippen molar-refractivity contribution in [1.82, 2.24) is 9.55 Å². The van der Waals surface area contributed by atoms with Gasteiger partial charge in [-0.25, -0.2) is 13.8 Å². The third-order valence-electron chi connectivity index (χ3n) is 2.99. The van der Waals surface area contributed by atoms with Crippen molar-refractivity contribution < 1.29 is 45.8 Å². The molecule has 1 aromatic heterocycles. The number of carbonyl (C=O) groups is 1. The maximum atomic E-state index is 14.9. The van der Waals surface area contributed by atoms with E-state index < -0.39 is 44.4 Å². The number of aliphatic hydroxyl groups excluding tert-OH is 2. The number of aldehydes is 1. The topological polar surface area (TPSA) is 171 Å². The van der Waals surface area contributed by atoms with Gasteiger partial charge in [0.15, 0.2) is 12.5 Å². The van der Waals surface area contributed by atoms with Gasteiger partial charge in [-0.15, -0.1) is 0 Å². The van der Waals surface area contributed by atoms with E-state index in [1.807, 2.05) is 4.98 Å². The second kappa shape index (κ2) is 6.54. The van der Waals surface area contributed by atoms with E-state index in [1.165, 1.54) is 0 Å². The van der Waals surface area contributed by atoms with E-state index in [0.29, 0.717) is 4.57 Å². The Bertz CT molecular complexity index is 888. The van der Waals surface area contributed by atoms with Crippen molar-refractivity contribution in [2.24, 2.45) is 0 Å². The minimum absolute atomic E-state index is 0.228.